The van der Waals surface area contributed by atoms with Gasteiger partial charge in [-0.2, -0.15) is 0 Å². The van der Waals surface area contributed by atoms with Crippen LogP contribution < -0.4 is 10.0 Å². The molecule has 1 heterocycles. The van der Waals surface area contributed by atoms with Gasteiger partial charge in [-0.3, -0.25) is 4.79 Å². The number of nitrogens with zero attached hydrogens (tertiary/aromatic N) is 2. The lowest BCUT2D eigenvalue weighted by Gasteiger charge is -2.09. The molecule has 1 aromatic rings. The van der Waals surface area contributed by atoms with Gasteiger partial charge in [0.2, 0.25) is 15.4 Å². The molecule has 0 saturated heterocycles. The van der Waals surface area contributed by atoms with Crippen LogP contribution in [0.2, 0.25) is 0 Å². The Morgan fingerprint density at radius 1 is 1.47 bits per heavy atom. The number of hydrogen-bond acceptors (Lipinski definition) is 7. The molecule has 0 aliphatic rings. The fourth-order valence-corrected chi connectivity index (χ4v) is 3.31. The summed E-state index contributed by atoms with van der Waals surface area (Å²) >= 11 is 0.779. The van der Waals surface area contributed by atoms with Gasteiger partial charge in [0, 0.05) is 20.1 Å². The average Bonchev–Trinajstić information content (AvgIpc) is 2.75. The topological polar surface area (TPSA) is 121 Å². The first-order valence-electron chi connectivity index (χ1n) is 5.56. The van der Waals surface area contributed by atoms with Crippen LogP contribution in [0.3, 0.4) is 0 Å². The van der Waals surface area contributed by atoms with Crippen LogP contribution in [0.1, 0.15) is 20.3 Å². The first kappa shape index (κ1) is 16.0. The maximum Gasteiger partial charge on any atom is 0.269 e. The summed E-state index contributed by atoms with van der Waals surface area (Å²) in [6.07, 6.45) is 0.510. The van der Waals surface area contributed by atoms with E-state index in [1.807, 2.05) is 6.92 Å². The summed E-state index contributed by atoms with van der Waals surface area (Å²) < 4.78 is 25.9. The minimum absolute atomic E-state index is 0.00832. The van der Waals surface area contributed by atoms with E-state index in [1.165, 1.54) is 6.92 Å². The predicted molar refractivity (Wildman–Crippen MR) is 70.3 cm³/mol. The molecule has 10 heteroatoms. The van der Waals surface area contributed by atoms with E-state index in [1.54, 1.807) is 0 Å². The van der Waals surface area contributed by atoms with E-state index in [0.29, 0.717) is 6.42 Å². The molecule has 0 bridgehead atoms. The second-order valence-electron chi connectivity index (χ2n) is 4.02. The fraction of sp³-hybridized carbons (Fsp3) is 0.667. The van der Waals surface area contributed by atoms with Gasteiger partial charge in [0.25, 0.3) is 10.0 Å². The monoisotopic (exact) mass is 308 g/mol. The Labute approximate surface area is 115 Å². The van der Waals surface area contributed by atoms with Gasteiger partial charge < -0.3 is 10.4 Å². The Morgan fingerprint density at radius 3 is 2.74 bits per heavy atom. The summed E-state index contributed by atoms with van der Waals surface area (Å²) in [7, 11) is -3.73. The molecule has 1 atom stereocenters. The number of anilines is 1. The van der Waals surface area contributed by atoms with Crippen molar-refractivity contribution in [2.45, 2.75) is 24.6 Å². The molecule has 1 aromatic heterocycles. The molecule has 108 valence electrons. The Morgan fingerprint density at radius 2 is 2.16 bits per heavy atom. The van der Waals surface area contributed by atoms with Gasteiger partial charge in [0.15, 0.2) is 0 Å². The van der Waals surface area contributed by atoms with E-state index in [4.69, 9.17) is 5.11 Å². The lowest BCUT2D eigenvalue weighted by Crippen LogP contribution is -2.28. The number of aliphatic hydroxyl groups is 1. The van der Waals surface area contributed by atoms with Gasteiger partial charge in [0.1, 0.15) is 0 Å². The zero-order valence-corrected chi connectivity index (χ0v) is 12.2. The average molecular weight is 308 g/mol. The summed E-state index contributed by atoms with van der Waals surface area (Å²) in [5, 5.41) is 18.3. The number of carbonyl (C=O) groups excluding carboxylic acids is 1. The maximum atomic E-state index is 11.9. The highest BCUT2D eigenvalue weighted by Gasteiger charge is 2.20. The molecule has 0 radical (unpaired) electrons. The van der Waals surface area contributed by atoms with Crippen LogP contribution in [0.5, 0.6) is 0 Å². The Balaban J connectivity index is 2.66. The highest BCUT2D eigenvalue weighted by molar-refractivity contribution is 7.91. The van der Waals surface area contributed by atoms with Crippen LogP contribution in [0.4, 0.5) is 5.13 Å². The summed E-state index contributed by atoms with van der Waals surface area (Å²) in [5.74, 6) is -0.327. The van der Waals surface area contributed by atoms with Gasteiger partial charge in [-0.15, -0.1) is 10.2 Å². The summed E-state index contributed by atoms with van der Waals surface area (Å²) in [6.45, 7) is 3.33. The van der Waals surface area contributed by atoms with Crippen molar-refractivity contribution in [3.8, 4) is 0 Å². The van der Waals surface area contributed by atoms with Crippen molar-refractivity contribution >= 4 is 32.4 Å². The number of nitrogens with one attached hydrogen (secondary N) is 2. The van der Waals surface area contributed by atoms with Crippen LogP contribution in [0.15, 0.2) is 4.34 Å². The van der Waals surface area contributed by atoms with Gasteiger partial charge in [-0.25, -0.2) is 13.1 Å². The molecule has 19 heavy (non-hydrogen) atoms. The van der Waals surface area contributed by atoms with Crippen LogP contribution >= 0.6 is 11.3 Å². The third-order valence-electron chi connectivity index (χ3n) is 2.16. The van der Waals surface area contributed by atoms with Crippen molar-refractivity contribution in [2.24, 2.45) is 5.92 Å². The largest absolute Gasteiger partial charge is 0.396 e. The van der Waals surface area contributed by atoms with Gasteiger partial charge >= 0.3 is 0 Å². The summed E-state index contributed by atoms with van der Waals surface area (Å²) in [5.41, 5.74) is 0. The first-order chi connectivity index (χ1) is 8.85. The van der Waals surface area contributed by atoms with Crippen LogP contribution in [0, 0.1) is 5.92 Å². The number of amides is 1. The number of hydrogen-bond donors (Lipinski definition) is 3. The van der Waals surface area contributed by atoms with Gasteiger partial charge in [-0.1, -0.05) is 18.3 Å². The molecule has 1 unspecified atom stereocenters. The lowest BCUT2D eigenvalue weighted by atomic mass is 10.1. The molecule has 8 nitrogen and oxygen atoms in total. The molecule has 3 N–H and O–H groups in total. The van der Waals surface area contributed by atoms with E-state index in [0.717, 1.165) is 11.3 Å². The van der Waals surface area contributed by atoms with Crippen molar-refractivity contribution in [3.63, 3.8) is 0 Å². The molecule has 0 aliphatic carbocycles. The molecule has 0 spiro atoms. The third kappa shape index (κ3) is 5.19. The first-order valence-corrected chi connectivity index (χ1v) is 7.86. The molecule has 0 aliphatic heterocycles. The van der Waals surface area contributed by atoms with E-state index < -0.39 is 10.0 Å². The Bertz CT molecular complexity index is 528. The maximum absolute atomic E-state index is 11.9. The van der Waals surface area contributed by atoms with Gasteiger partial charge in [-0.05, 0) is 12.3 Å². The second kappa shape index (κ2) is 6.89. The molecular formula is C9H16N4O4S2. The van der Waals surface area contributed by atoms with Crippen LogP contribution in [-0.2, 0) is 14.8 Å². The SMILES string of the molecule is CC(=O)Nc1nnc(S(=O)(=O)NCC(C)CCO)s1. The Hall–Kier alpha value is -1.10. The molecule has 1 rings (SSSR count). The van der Waals surface area contributed by atoms with Crippen molar-refractivity contribution in [3.05, 3.63) is 0 Å². The summed E-state index contributed by atoms with van der Waals surface area (Å²) in [6, 6.07) is 0. The number of sulfonamides is 1. The zero-order chi connectivity index (χ0) is 14.5. The van der Waals surface area contributed by atoms with Crippen molar-refractivity contribution in [2.75, 3.05) is 18.5 Å². The highest BCUT2D eigenvalue weighted by Crippen LogP contribution is 2.19. The summed E-state index contributed by atoms with van der Waals surface area (Å²) in [4.78, 5) is 10.8. The minimum atomic E-state index is -3.73. The van der Waals surface area contributed by atoms with Crippen molar-refractivity contribution < 1.29 is 18.3 Å². The zero-order valence-electron chi connectivity index (χ0n) is 10.6. The molecule has 1 amide bonds. The normalized spacial score (nSPS) is 13.2. The van der Waals surface area contributed by atoms with Crippen LogP contribution in [0.25, 0.3) is 0 Å². The van der Waals surface area contributed by atoms with Crippen LogP contribution in [-0.4, -0.2) is 42.8 Å². The number of carbonyl (C=O) groups is 1. The smallest absolute Gasteiger partial charge is 0.269 e. The van der Waals surface area contributed by atoms with Gasteiger partial charge in [0.05, 0.1) is 0 Å². The predicted octanol–water partition coefficient (Wildman–Crippen LogP) is -0.207. The molecular weight excluding hydrogens is 292 g/mol. The number of aromatic nitrogens is 2. The third-order valence-corrected chi connectivity index (χ3v) is 4.79. The number of aliphatic hydroxyl groups excluding tert-OH is 1. The quantitative estimate of drug-likeness (QED) is 0.599. The van der Waals surface area contributed by atoms with E-state index >= 15 is 0 Å². The van der Waals surface area contributed by atoms with E-state index in [9.17, 15) is 13.2 Å². The van der Waals surface area contributed by atoms with Crippen molar-refractivity contribution in [1.82, 2.24) is 14.9 Å². The fourth-order valence-electron chi connectivity index (χ4n) is 1.16. The Kier molecular flexibility index (Phi) is 5.79. The molecule has 0 fully saturated rings. The standard InChI is InChI=1S/C9H16N4O4S2/c1-6(3-4-14)5-10-19(16,17)9-13-12-8(18-9)11-7(2)15/h6,10,14H,3-5H2,1-2H3,(H,11,12,15). The second-order valence-corrected chi connectivity index (χ2v) is 6.94. The van der Waals surface area contributed by atoms with E-state index in [-0.39, 0.29) is 34.4 Å². The molecule has 0 aromatic carbocycles. The molecule has 0 saturated carbocycles. The number of rotatable bonds is 7. The van der Waals surface area contributed by atoms with E-state index in [2.05, 4.69) is 20.2 Å². The van der Waals surface area contributed by atoms with Crippen molar-refractivity contribution in [1.29, 1.82) is 0 Å². The minimum Gasteiger partial charge on any atom is -0.396 e. The lowest BCUT2D eigenvalue weighted by molar-refractivity contribution is -0.114. The highest BCUT2D eigenvalue weighted by atomic mass is 32.2.